The minimum atomic E-state index is -3.38. The Labute approximate surface area is 281 Å². The lowest BCUT2D eigenvalue weighted by Gasteiger charge is -2.48. The minimum absolute atomic E-state index is 0.0626. The number of hydrogen-bond donors (Lipinski definition) is 6. The topological polar surface area (TPSA) is 203 Å². The van der Waals surface area contributed by atoms with Gasteiger partial charge in [0.25, 0.3) is 0 Å². The van der Waals surface area contributed by atoms with Crippen LogP contribution in [0.2, 0.25) is 0 Å². The Morgan fingerprint density at radius 2 is 1.65 bits per heavy atom. The van der Waals surface area contributed by atoms with Gasteiger partial charge in [0.05, 0.1) is 30.9 Å². The second kappa shape index (κ2) is 15.0. The summed E-state index contributed by atoms with van der Waals surface area (Å²) in [4.78, 5) is 26.6. The lowest BCUT2D eigenvalue weighted by molar-refractivity contribution is -0.271. The molecule has 0 saturated carbocycles. The zero-order valence-electron chi connectivity index (χ0n) is 26.1. The molecular weight excluding hydrogens is 663 g/mol. The molecule has 8 atom stereocenters. The van der Waals surface area contributed by atoms with Crippen molar-refractivity contribution in [2.75, 3.05) is 17.7 Å². The number of ether oxygens (including phenoxy) is 2. The van der Waals surface area contributed by atoms with Gasteiger partial charge in [-0.25, -0.2) is 22.3 Å². The molecule has 0 aromatic heterocycles. The smallest absolute Gasteiger partial charge is 0.335 e. The number of halogens is 1. The maximum Gasteiger partial charge on any atom is 0.335 e. The molecule has 2 heterocycles. The number of sulfonamides is 1. The van der Waals surface area contributed by atoms with Crippen molar-refractivity contribution in [3.8, 4) is 17.6 Å². The van der Waals surface area contributed by atoms with Crippen molar-refractivity contribution in [2.24, 2.45) is 5.92 Å². The van der Waals surface area contributed by atoms with Gasteiger partial charge in [-0.3, -0.25) is 4.79 Å². The molecule has 0 radical (unpaired) electrons. The van der Waals surface area contributed by atoms with E-state index in [1.54, 1.807) is 41.3 Å². The van der Waals surface area contributed by atoms with E-state index in [0.29, 0.717) is 28.8 Å². The quantitative estimate of drug-likeness (QED) is 0.124. The number of rotatable bonds is 11. The predicted molar refractivity (Wildman–Crippen MR) is 172 cm³/mol. The van der Waals surface area contributed by atoms with Gasteiger partial charge in [-0.2, -0.15) is 0 Å². The van der Waals surface area contributed by atoms with Crippen LogP contribution in [-0.4, -0.2) is 89.3 Å². The van der Waals surface area contributed by atoms with E-state index < -0.39 is 70.6 Å². The first-order chi connectivity index (χ1) is 23.2. The molecule has 2 aliphatic rings. The highest BCUT2D eigenvalue weighted by Crippen LogP contribution is 2.46. The summed E-state index contributed by atoms with van der Waals surface area (Å²) < 4.78 is 49.0. The van der Waals surface area contributed by atoms with Gasteiger partial charge in [0.1, 0.15) is 29.9 Å². The molecule has 49 heavy (non-hydrogen) atoms. The number of nitrogens with zero attached hydrogens (tertiary/aromatic N) is 1. The van der Waals surface area contributed by atoms with Gasteiger partial charge in [0.15, 0.2) is 6.10 Å². The largest absolute Gasteiger partial charge is 0.479 e. The molecule has 3 aromatic rings. The molecule has 260 valence electrons. The summed E-state index contributed by atoms with van der Waals surface area (Å²) in [7, 11) is -3.38. The number of anilines is 1. The second-order valence-corrected chi connectivity index (χ2v) is 13.6. The van der Waals surface area contributed by atoms with Crippen molar-refractivity contribution in [1.29, 1.82) is 0 Å². The third-order valence-corrected chi connectivity index (χ3v) is 8.98. The number of benzene rings is 3. The molecule has 1 amide bonds. The number of β-lactam (4-membered cyclic amide) rings is 1. The molecule has 0 spiro atoms. The molecule has 2 fully saturated rings. The average molecular weight is 699 g/mol. The van der Waals surface area contributed by atoms with E-state index in [1.807, 2.05) is 0 Å². The molecule has 13 nitrogen and oxygen atoms in total. The summed E-state index contributed by atoms with van der Waals surface area (Å²) in [6, 6.07) is 18.2. The Morgan fingerprint density at radius 1 is 1.00 bits per heavy atom. The maximum absolute atomic E-state index is 13.6. The highest BCUT2D eigenvalue weighted by molar-refractivity contribution is 7.88. The van der Waals surface area contributed by atoms with Gasteiger partial charge in [-0.15, -0.1) is 0 Å². The van der Waals surface area contributed by atoms with E-state index in [4.69, 9.17) is 9.47 Å². The molecule has 1 unspecified atom stereocenters. The van der Waals surface area contributed by atoms with Crippen LogP contribution in [0.25, 0.3) is 0 Å². The Balaban J connectivity index is 1.35. The summed E-state index contributed by atoms with van der Waals surface area (Å²) >= 11 is 0. The van der Waals surface area contributed by atoms with Crippen LogP contribution >= 0.6 is 0 Å². The molecule has 6 N–H and O–H groups in total. The fourth-order valence-electron chi connectivity index (χ4n) is 5.73. The van der Waals surface area contributed by atoms with Gasteiger partial charge in [-0.1, -0.05) is 36.1 Å². The molecule has 2 saturated heterocycles. The Bertz CT molecular complexity index is 1810. The summed E-state index contributed by atoms with van der Waals surface area (Å²) in [5, 5.41) is 50.4. The molecule has 0 bridgehead atoms. The molecule has 0 aliphatic carbocycles. The highest BCUT2D eigenvalue weighted by atomic mass is 32.2. The van der Waals surface area contributed by atoms with Crippen LogP contribution in [0.5, 0.6) is 5.75 Å². The number of carboxylic acids is 1. The predicted octanol–water partition coefficient (Wildman–Crippen LogP) is 1.22. The highest BCUT2D eigenvalue weighted by Gasteiger charge is 2.49. The summed E-state index contributed by atoms with van der Waals surface area (Å²) in [5.41, 5.74) is 2.37. The monoisotopic (exact) mass is 698 g/mol. The number of aliphatic carboxylic acids is 1. The lowest BCUT2D eigenvalue weighted by atomic mass is 9.78. The third-order valence-electron chi connectivity index (χ3n) is 8.31. The standard InChI is InChI=1S/C34H35FN2O11S/c1-49(45,46)36-18-2-3-19-4-12-23(13-5-19)37-27(25(32(37)42)16-17-26(38)20-6-10-22(35)11-7-20)21-8-14-24(15-9-21)47-34-30(41)28(39)29(40)31(48-34)33(43)44/h4-15,25-31,34,36,38-41H,16-18H2,1H3,(H,43,44)/t25-,26+,27-,28+,29+,30-,31+,34?/m1/s1. The number of aliphatic hydroxyl groups excluding tert-OH is 4. The van der Waals surface area contributed by atoms with E-state index >= 15 is 0 Å². The van der Waals surface area contributed by atoms with Crippen molar-refractivity contribution in [1.82, 2.24) is 4.72 Å². The van der Waals surface area contributed by atoms with Crippen molar-refractivity contribution >= 4 is 27.6 Å². The van der Waals surface area contributed by atoms with E-state index in [-0.39, 0.29) is 24.6 Å². The summed E-state index contributed by atoms with van der Waals surface area (Å²) in [6.07, 6.45) is -8.25. The van der Waals surface area contributed by atoms with E-state index in [9.17, 15) is 47.9 Å². The Morgan fingerprint density at radius 3 is 2.27 bits per heavy atom. The van der Waals surface area contributed by atoms with Crippen LogP contribution < -0.4 is 14.4 Å². The van der Waals surface area contributed by atoms with Crippen molar-refractivity contribution in [3.63, 3.8) is 0 Å². The van der Waals surface area contributed by atoms with E-state index in [1.165, 1.54) is 36.4 Å². The second-order valence-electron chi connectivity index (χ2n) is 11.8. The van der Waals surface area contributed by atoms with Crippen LogP contribution in [-0.2, 0) is 24.3 Å². The molecule has 2 aliphatic heterocycles. The molecule has 5 rings (SSSR count). The number of carbonyl (C=O) groups excluding carboxylic acids is 1. The minimum Gasteiger partial charge on any atom is -0.479 e. The SMILES string of the molecule is CS(=O)(=O)NCC#Cc1ccc(N2C(=O)[C@H](CC[C@H](O)c3ccc(F)cc3)[C@H]2c2ccc(OC3O[C@H](C(=O)O)[C@@H](O)[C@H](O)[C@H]3O)cc2)cc1. The average Bonchev–Trinajstić information content (AvgIpc) is 3.06. The number of hydrogen-bond acceptors (Lipinski definition) is 10. The summed E-state index contributed by atoms with van der Waals surface area (Å²) in [6.45, 7) is -0.0626. The van der Waals surface area contributed by atoms with Crippen LogP contribution in [0.1, 0.15) is 41.7 Å². The van der Waals surface area contributed by atoms with E-state index in [0.717, 1.165) is 6.26 Å². The van der Waals surface area contributed by atoms with Crippen molar-refractivity contribution in [2.45, 2.75) is 55.7 Å². The Hall–Kier alpha value is -4.40. The van der Waals surface area contributed by atoms with Crippen molar-refractivity contribution < 1.29 is 57.4 Å². The third kappa shape index (κ3) is 8.43. The van der Waals surface area contributed by atoms with Crippen LogP contribution in [0.15, 0.2) is 72.8 Å². The van der Waals surface area contributed by atoms with Gasteiger partial charge < -0.3 is 39.9 Å². The Kier molecular flexibility index (Phi) is 11.0. The van der Waals surface area contributed by atoms with Gasteiger partial charge in [-0.05, 0) is 72.5 Å². The van der Waals surface area contributed by atoms with Gasteiger partial charge >= 0.3 is 5.97 Å². The number of aliphatic hydroxyl groups is 4. The first kappa shape index (κ1) is 35.9. The van der Waals surface area contributed by atoms with Gasteiger partial charge in [0.2, 0.25) is 22.2 Å². The lowest BCUT2D eigenvalue weighted by Crippen LogP contribution is -2.61. The first-order valence-electron chi connectivity index (χ1n) is 15.2. The normalized spacial score (nSPS) is 25.9. The molecule has 15 heteroatoms. The fourth-order valence-corrected chi connectivity index (χ4v) is 6.07. The number of amides is 1. The summed E-state index contributed by atoms with van der Waals surface area (Å²) in [5.74, 6) is 3.01. The number of carboxylic acid groups (broad SMARTS) is 1. The van der Waals surface area contributed by atoms with Crippen LogP contribution in [0.4, 0.5) is 10.1 Å². The number of carbonyl (C=O) groups is 2. The van der Waals surface area contributed by atoms with Crippen LogP contribution in [0.3, 0.4) is 0 Å². The first-order valence-corrected chi connectivity index (χ1v) is 17.1. The number of nitrogens with one attached hydrogen (secondary N) is 1. The zero-order chi connectivity index (χ0) is 35.5. The van der Waals surface area contributed by atoms with Crippen molar-refractivity contribution in [3.05, 3.63) is 95.3 Å². The molecule has 3 aromatic carbocycles. The van der Waals surface area contributed by atoms with Gasteiger partial charge in [0, 0.05) is 11.3 Å². The maximum atomic E-state index is 13.6. The van der Waals surface area contributed by atoms with E-state index in [2.05, 4.69) is 16.6 Å². The van der Waals surface area contributed by atoms with Crippen LogP contribution in [0, 0.1) is 23.6 Å². The molecular formula is C34H35FN2O11S. The fraction of sp³-hybridized carbons (Fsp3) is 0.353. The zero-order valence-corrected chi connectivity index (χ0v) is 26.9.